The molecule has 0 aliphatic heterocycles. The molecule has 0 bridgehead atoms. The lowest BCUT2D eigenvalue weighted by Gasteiger charge is -2.34. The van der Waals surface area contributed by atoms with Crippen LogP contribution in [-0.2, 0) is 14.3 Å². The van der Waals surface area contributed by atoms with Crippen molar-refractivity contribution < 1.29 is 24.2 Å². The van der Waals surface area contributed by atoms with Crippen molar-refractivity contribution in [3.8, 4) is 11.1 Å². The predicted octanol–water partition coefficient (Wildman–Crippen LogP) is 4.65. The number of aliphatic carboxylic acids is 1. The minimum atomic E-state index is -0.923. The molecule has 2 aliphatic carbocycles. The Hall–Kier alpha value is -3.35. The number of hydrogen-bond donors (Lipinski definition) is 2. The van der Waals surface area contributed by atoms with Gasteiger partial charge in [-0.05, 0) is 42.0 Å². The molecule has 1 atom stereocenters. The summed E-state index contributed by atoms with van der Waals surface area (Å²) in [5.74, 6) is -1.67. The molecule has 2 aromatic carbocycles. The molecule has 2 aromatic rings. The smallest absolute Gasteiger partial charge is 0.407 e. The van der Waals surface area contributed by atoms with Crippen LogP contribution in [0.4, 0.5) is 4.79 Å². The van der Waals surface area contributed by atoms with E-state index in [2.05, 4.69) is 29.6 Å². The van der Waals surface area contributed by atoms with Gasteiger partial charge in [0.2, 0.25) is 5.91 Å². The van der Waals surface area contributed by atoms with Gasteiger partial charge in [-0.1, -0.05) is 68.3 Å². The second-order valence-electron chi connectivity index (χ2n) is 9.75. The molecule has 4 rings (SSSR count). The van der Waals surface area contributed by atoms with E-state index in [4.69, 9.17) is 4.74 Å². The van der Waals surface area contributed by atoms with Crippen LogP contribution in [0.1, 0.15) is 56.6 Å². The summed E-state index contributed by atoms with van der Waals surface area (Å²) in [7, 11) is 0. The maximum Gasteiger partial charge on any atom is 0.407 e. The average molecular weight is 479 g/mol. The highest BCUT2D eigenvalue weighted by Crippen LogP contribution is 2.44. The van der Waals surface area contributed by atoms with Gasteiger partial charge in [-0.2, -0.15) is 0 Å². The van der Waals surface area contributed by atoms with Gasteiger partial charge in [0.1, 0.15) is 6.61 Å². The molecule has 2 aliphatic rings. The predicted molar refractivity (Wildman–Crippen MR) is 133 cm³/mol. The molecule has 0 aromatic heterocycles. The third-order valence-electron chi connectivity index (χ3n) is 7.51. The van der Waals surface area contributed by atoms with Crippen molar-refractivity contribution in [2.75, 3.05) is 26.2 Å². The first-order valence-corrected chi connectivity index (χ1v) is 12.5. The van der Waals surface area contributed by atoms with Gasteiger partial charge in [-0.15, -0.1) is 0 Å². The third kappa shape index (κ3) is 5.04. The molecule has 0 heterocycles. The van der Waals surface area contributed by atoms with Gasteiger partial charge < -0.3 is 20.1 Å². The number of fused-ring (bicyclic) bond motifs is 3. The molecule has 7 heteroatoms. The van der Waals surface area contributed by atoms with Crippen LogP contribution in [0, 0.1) is 11.3 Å². The maximum absolute atomic E-state index is 13.5. The van der Waals surface area contributed by atoms with Gasteiger partial charge in [0.15, 0.2) is 0 Å². The molecule has 0 spiro atoms. The first-order valence-electron chi connectivity index (χ1n) is 12.5. The molecule has 2 N–H and O–H groups in total. The number of nitrogens with zero attached hydrogens (tertiary/aromatic N) is 1. The summed E-state index contributed by atoms with van der Waals surface area (Å²) in [4.78, 5) is 39.1. The van der Waals surface area contributed by atoms with E-state index in [1.54, 1.807) is 11.8 Å². The fourth-order valence-corrected chi connectivity index (χ4v) is 5.51. The molecular formula is C28H34N2O5. The number of ether oxygens (including phenoxy) is 1. The fraction of sp³-hybridized carbons (Fsp3) is 0.464. The largest absolute Gasteiger partial charge is 0.481 e. The minimum Gasteiger partial charge on any atom is -0.481 e. The Morgan fingerprint density at radius 3 is 2.17 bits per heavy atom. The lowest BCUT2D eigenvalue weighted by atomic mass is 9.84. The van der Waals surface area contributed by atoms with Crippen LogP contribution >= 0.6 is 0 Å². The summed E-state index contributed by atoms with van der Waals surface area (Å²) in [5.41, 5.74) is 3.93. The number of hydrogen-bond acceptors (Lipinski definition) is 4. The second kappa shape index (κ2) is 10.5. The summed E-state index contributed by atoms with van der Waals surface area (Å²) in [6.07, 6.45) is 2.63. The number of rotatable bonds is 9. The first kappa shape index (κ1) is 24.8. The van der Waals surface area contributed by atoms with Gasteiger partial charge in [0.25, 0.3) is 0 Å². The number of benzene rings is 2. The lowest BCUT2D eigenvalue weighted by molar-refractivity contribution is -0.146. The van der Waals surface area contributed by atoms with E-state index in [1.807, 2.05) is 31.2 Å². The number of nitrogens with one attached hydrogen (secondary N) is 1. The molecular weight excluding hydrogens is 444 g/mol. The van der Waals surface area contributed by atoms with Crippen molar-refractivity contribution in [1.82, 2.24) is 10.2 Å². The number of carbonyl (C=O) groups excluding carboxylic acids is 2. The van der Waals surface area contributed by atoms with Gasteiger partial charge in [-0.3, -0.25) is 9.59 Å². The number of carboxylic acids is 1. The topological polar surface area (TPSA) is 95.9 Å². The molecule has 1 unspecified atom stereocenters. The fourth-order valence-electron chi connectivity index (χ4n) is 5.51. The molecule has 0 saturated heterocycles. The summed E-state index contributed by atoms with van der Waals surface area (Å²) < 4.78 is 5.65. The summed E-state index contributed by atoms with van der Waals surface area (Å²) >= 11 is 0. The lowest BCUT2D eigenvalue weighted by Crippen LogP contribution is -2.50. The van der Waals surface area contributed by atoms with Crippen molar-refractivity contribution in [3.63, 3.8) is 0 Å². The van der Waals surface area contributed by atoms with E-state index in [0.717, 1.165) is 24.0 Å². The quantitative estimate of drug-likeness (QED) is 0.547. The van der Waals surface area contributed by atoms with Crippen molar-refractivity contribution in [3.05, 3.63) is 59.7 Å². The van der Waals surface area contributed by atoms with E-state index >= 15 is 0 Å². The normalized spacial score (nSPS) is 16.7. The van der Waals surface area contributed by atoms with E-state index in [9.17, 15) is 19.5 Å². The number of amides is 2. The molecule has 35 heavy (non-hydrogen) atoms. The third-order valence-corrected chi connectivity index (χ3v) is 7.51. The Labute approximate surface area is 206 Å². The Kier molecular flexibility index (Phi) is 7.43. The average Bonchev–Trinajstić information content (AvgIpc) is 3.48. The molecule has 7 nitrogen and oxygen atoms in total. The molecule has 186 valence electrons. The Morgan fingerprint density at radius 1 is 1.06 bits per heavy atom. The van der Waals surface area contributed by atoms with Gasteiger partial charge in [-0.25, -0.2) is 4.79 Å². The first-order chi connectivity index (χ1) is 16.9. The zero-order valence-corrected chi connectivity index (χ0v) is 20.5. The van der Waals surface area contributed by atoms with Gasteiger partial charge in [0, 0.05) is 25.6 Å². The van der Waals surface area contributed by atoms with Gasteiger partial charge in [0.05, 0.1) is 11.3 Å². The highest BCUT2D eigenvalue weighted by Gasteiger charge is 2.44. The molecule has 2 amide bonds. The Bertz CT molecular complexity index is 1050. The number of alkyl carbamates (subject to hydrolysis) is 1. The zero-order valence-electron chi connectivity index (χ0n) is 20.5. The summed E-state index contributed by atoms with van der Waals surface area (Å²) in [6.45, 7) is 4.47. The minimum absolute atomic E-state index is 0.0247. The van der Waals surface area contributed by atoms with Crippen LogP contribution in [0.25, 0.3) is 11.1 Å². The molecule has 1 fully saturated rings. The standard InChI is InChI=1S/C28H34N2O5/c1-3-30(16-19(2)25(31)32)26(33)28(14-8-9-15-28)18-29-27(34)35-17-24-22-12-6-4-10-20(22)21-11-5-7-13-23(21)24/h4-7,10-13,19,24H,3,8-9,14-18H2,1-2H3,(H,29,34)(H,31,32). The van der Waals surface area contributed by atoms with E-state index in [0.29, 0.717) is 19.4 Å². The SMILES string of the molecule is CCN(CC(C)C(=O)O)C(=O)C1(CNC(=O)OCC2c3ccccc3-c3ccccc32)CCCC1. The van der Waals surface area contributed by atoms with E-state index in [-0.39, 0.29) is 31.5 Å². The zero-order chi connectivity index (χ0) is 25.0. The van der Waals surface area contributed by atoms with Crippen LogP contribution in [0.15, 0.2) is 48.5 Å². The number of carboxylic acid groups (broad SMARTS) is 1. The second-order valence-corrected chi connectivity index (χ2v) is 9.75. The van der Waals surface area contributed by atoms with Crippen LogP contribution in [0.3, 0.4) is 0 Å². The highest BCUT2D eigenvalue weighted by atomic mass is 16.5. The van der Waals surface area contributed by atoms with E-state index < -0.39 is 23.4 Å². The van der Waals surface area contributed by atoms with Crippen molar-refractivity contribution in [2.24, 2.45) is 11.3 Å². The molecule has 0 radical (unpaired) electrons. The van der Waals surface area contributed by atoms with Crippen molar-refractivity contribution >= 4 is 18.0 Å². The highest BCUT2D eigenvalue weighted by molar-refractivity contribution is 5.85. The van der Waals surface area contributed by atoms with Crippen LogP contribution in [-0.4, -0.2) is 54.2 Å². The van der Waals surface area contributed by atoms with Crippen molar-refractivity contribution in [1.29, 1.82) is 0 Å². The summed E-state index contributed by atoms with van der Waals surface area (Å²) in [6, 6.07) is 16.4. The van der Waals surface area contributed by atoms with Crippen LogP contribution in [0.5, 0.6) is 0 Å². The van der Waals surface area contributed by atoms with Gasteiger partial charge >= 0.3 is 12.1 Å². The monoisotopic (exact) mass is 478 g/mol. The maximum atomic E-state index is 13.5. The van der Waals surface area contributed by atoms with E-state index in [1.165, 1.54) is 11.1 Å². The molecule has 1 saturated carbocycles. The van der Waals surface area contributed by atoms with Crippen LogP contribution < -0.4 is 5.32 Å². The summed E-state index contributed by atoms with van der Waals surface area (Å²) in [5, 5.41) is 12.1. The Balaban J connectivity index is 1.39. The van der Waals surface area contributed by atoms with Crippen LogP contribution in [0.2, 0.25) is 0 Å². The van der Waals surface area contributed by atoms with Crippen molar-refractivity contribution in [2.45, 2.75) is 45.4 Å². The Morgan fingerprint density at radius 2 is 1.63 bits per heavy atom. The number of carbonyl (C=O) groups is 3.